The van der Waals surface area contributed by atoms with Crippen molar-refractivity contribution in [3.05, 3.63) is 24.3 Å². The van der Waals surface area contributed by atoms with E-state index in [4.69, 9.17) is 4.74 Å². The van der Waals surface area contributed by atoms with Gasteiger partial charge >= 0.3 is 5.97 Å². The summed E-state index contributed by atoms with van der Waals surface area (Å²) >= 11 is 0. The highest BCUT2D eigenvalue weighted by Crippen LogP contribution is 2.16. The molecular weight excluding hydrogens is 719 g/mol. The van der Waals surface area contributed by atoms with Crippen LogP contribution in [-0.2, 0) is 14.3 Å². The number of nitrogens with one attached hydrogen (secondary N) is 1. The summed E-state index contributed by atoms with van der Waals surface area (Å²) in [6.45, 7) is 4.89. The number of ether oxygens (including phenoxy) is 1. The fourth-order valence-electron chi connectivity index (χ4n) is 7.81. The van der Waals surface area contributed by atoms with Crippen molar-refractivity contribution >= 4 is 11.9 Å². The smallest absolute Gasteiger partial charge is 0.305 e. The van der Waals surface area contributed by atoms with E-state index in [2.05, 4.69) is 43.5 Å². The second-order valence-electron chi connectivity index (χ2n) is 17.5. The molecule has 2 atom stereocenters. The lowest BCUT2D eigenvalue weighted by Gasteiger charge is -2.22. The molecule has 6 nitrogen and oxygen atoms in total. The summed E-state index contributed by atoms with van der Waals surface area (Å²) in [5, 5.41) is 23.1. The molecule has 0 saturated carbocycles. The summed E-state index contributed by atoms with van der Waals surface area (Å²) in [5.41, 5.74) is 0. The highest BCUT2D eigenvalue weighted by atomic mass is 16.5. The minimum absolute atomic E-state index is 0.0140. The van der Waals surface area contributed by atoms with Gasteiger partial charge in [-0.3, -0.25) is 9.59 Å². The molecule has 0 saturated heterocycles. The largest absolute Gasteiger partial charge is 0.466 e. The Morgan fingerprint density at radius 3 is 1.28 bits per heavy atom. The highest BCUT2D eigenvalue weighted by Gasteiger charge is 2.20. The number of rotatable bonds is 47. The van der Waals surface area contributed by atoms with E-state index < -0.39 is 12.1 Å². The first kappa shape index (κ1) is 56.3. The zero-order valence-electron chi connectivity index (χ0n) is 38.8. The zero-order valence-corrected chi connectivity index (χ0v) is 38.8. The van der Waals surface area contributed by atoms with Crippen molar-refractivity contribution in [2.24, 2.45) is 0 Å². The summed E-state index contributed by atoms with van der Waals surface area (Å²) in [7, 11) is 0. The van der Waals surface area contributed by atoms with Gasteiger partial charge in [-0.25, -0.2) is 0 Å². The first-order valence-electron chi connectivity index (χ1n) is 25.6. The Morgan fingerprint density at radius 1 is 0.483 bits per heavy atom. The highest BCUT2D eigenvalue weighted by molar-refractivity contribution is 5.76. The summed E-state index contributed by atoms with van der Waals surface area (Å²) < 4.78 is 5.43. The zero-order chi connectivity index (χ0) is 42.3. The van der Waals surface area contributed by atoms with Gasteiger partial charge in [-0.2, -0.15) is 0 Å². The number of amides is 1. The maximum absolute atomic E-state index is 12.4. The van der Waals surface area contributed by atoms with Crippen LogP contribution in [0.25, 0.3) is 0 Å². The molecule has 0 bridgehead atoms. The molecule has 3 N–H and O–H groups in total. The van der Waals surface area contributed by atoms with Crippen LogP contribution in [0, 0.1) is 0 Å². The minimum atomic E-state index is -0.669. The first-order chi connectivity index (χ1) is 28.5. The van der Waals surface area contributed by atoms with Crippen LogP contribution >= 0.6 is 0 Å². The Balaban J connectivity index is 3.48. The fourth-order valence-corrected chi connectivity index (χ4v) is 7.81. The summed E-state index contributed by atoms with van der Waals surface area (Å²) in [5.74, 6) is -0.0602. The molecule has 0 heterocycles. The lowest BCUT2D eigenvalue weighted by atomic mass is 10.0. The number of aliphatic hydroxyl groups excluding tert-OH is 2. The van der Waals surface area contributed by atoms with Gasteiger partial charge in [0.15, 0.2) is 0 Å². The van der Waals surface area contributed by atoms with E-state index in [9.17, 15) is 19.8 Å². The molecule has 1 amide bonds. The number of aliphatic hydroxyl groups is 2. The number of carbonyl (C=O) groups is 2. The van der Waals surface area contributed by atoms with Crippen LogP contribution in [0.2, 0.25) is 0 Å². The Kier molecular flexibility index (Phi) is 46.6. The van der Waals surface area contributed by atoms with Crippen molar-refractivity contribution in [3.63, 3.8) is 0 Å². The predicted octanol–water partition coefficient (Wildman–Crippen LogP) is 15.1. The molecule has 0 fully saturated rings. The van der Waals surface area contributed by atoms with E-state index in [1.807, 2.05) is 0 Å². The van der Waals surface area contributed by atoms with Crippen LogP contribution in [0.1, 0.15) is 271 Å². The maximum atomic E-state index is 12.4. The van der Waals surface area contributed by atoms with Crippen LogP contribution < -0.4 is 5.32 Å². The summed E-state index contributed by atoms with van der Waals surface area (Å²) in [4.78, 5) is 24.4. The normalized spacial score (nSPS) is 12.8. The van der Waals surface area contributed by atoms with Gasteiger partial charge in [0.05, 0.1) is 25.4 Å². The molecule has 0 aromatic heterocycles. The quantitative estimate of drug-likeness (QED) is 0.0323. The van der Waals surface area contributed by atoms with Crippen molar-refractivity contribution in [2.75, 3.05) is 13.2 Å². The van der Waals surface area contributed by atoms with E-state index in [1.54, 1.807) is 0 Å². The van der Waals surface area contributed by atoms with Crippen molar-refractivity contribution in [1.82, 2.24) is 5.32 Å². The summed E-state index contributed by atoms with van der Waals surface area (Å²) in [6, 6.07) is -0.547. The van der Waals surface area contributed by atoms with Crippen molar-refractivity contribution in [2.45, 2.75) is 283 Å². The molecule has 58 heavy (non-hydrogen) atoms. The molecule has 0 aliphatic rings. The van der Waals surface area contributed by atoms with Gasteiger partial charge in [-0.15, -0.1) is 0 Å². The van der Waals surface area contributed by atoms with Crippen molar-refractivity contribution in [3.8, 4) is 0 Å². The maximum Gasteiger partial charge on any atom is 0.305 e. The monoisotopic (exact) mass is 818 g/mol. The van der Waals surface area contributed by atoms with Crippen LogP contribution in [0.15, 0.2) is 24.3 Å². The number of hydrogen-bond acceptors (Lipinski definition) is 5. The minimum Gasteiger partial charge on any atom is -0.466 e. The Hall–Kier alpha value is -1.66. The van der Waals surface area contributed by atoms with E-state index in [0.29, 0.717) is 25.9 Å². The summed E-state index contributed by atoms with van der Waals surface area (Å²) in [6.07, 6.45) is 55.8. The van der Waals surface area contributed by atoms with Gasteiger partial charge < -0.3 is 20.3 Å². The average molecular weight is 818 g/mol. The van der Waals surface area contributed by atoms with Gasteiger partial charge in [0, 0.05) is 12.8 Å². The van der Waals surface area contributed by atoms with Gasteiger partial charge in [-0.1, -0.05) is 224 Å². The Bertz CT molecular complexity index is 904. The number of unbranched alkanes of at least 4 members (excludes halogenated alkanes) is 33. The van der Waals surface area contributed by atoms with Gasteiger partial charge in [0.25, 0.3) is 0 Å². The second-order valence-corrected chi connectivity index (χ2v) is 17.5. The number of allylic oxidation sites excluding steroid dienone is 4. The van der Waals surface area contributed by atoms with Crippen LogP contribution in [0.4, 0.5) is 0 Å². The average Bonchev–Trinajstić information content (AvgIpc) is 3.22. The fraction of sp³-hybridized carbons (Fsp3) is 0.885. The second kappa shape index (κ2) is 48.0. The molecule has 342 valence electrons. The van der Waals surface area contributed by atoms with Gasteiger partial charge in [-0.05, 0) is 57.8 Å². The number of hydrogen-bond donors (Lipinski definition) is 3. The third kappa shape index (κ3) is 43.9. The Morgan fingerprint density at radius 2 is 0.845 bits per heavy atom. The lowest BCUT2D eigenvalue weighted by molar-refractivity contribution is -0.143. The molecule has 2 unspecified atom stereocenters. The SMILES string of the molecule is CCCCCCCCCCCCCC(=O)OCCCCC/C=C\C=C/CCCCCCCCCCCCC(=O)NC(CO)C(O)CCCCCCCCCCCCC. The number of carbonyl (C=O) groups excluding carboxylic acids is 2. The molecule has 0 aromatic rings. The van der Waals surface area contributed by atoms with Crippen molar-refractivity contribution < 1.29 is 24.5 Å². The third-order valence-electron chi connectivity index (χ3n) is 11.8. The van der Waals surface area contributed by atoms with E-state index in [0.717, 1.165) is 70.6 Å². The van der Waals surface area contributed by atoms with Crippen LogP contribution in [0.3, 0.4) is 0 Å². The van der Waals surface area contributed by atoms with Gasteiger partial charge in [0.2, 0.25) is 5.91 Å². The standard InChI is InChI=1S/C52H99NO5/c1-3-5-7-9-11-13-24-28-32-36-40-44-50(55)49(48-54)53-51(56)45-41-37-33-29-26-22-20-18-16-15-17-19-21-23-27-31-35-39-43-47-58-52(57)46-42-38-34-30-25-14-12-10-8-6-4-2/h19,21,23,27,49-50,54-55H,3-18,20,22,24-26,28-48H2,1-2H3,(H,53,56)/b21-19-,27-23-. The molecule has 0 aliphatic heterocycles. The molecule has 0 radical (unpaired) electrons. The first-order valence-corrected chi connectivity index (χ1v) is 25.6. The third-order valence-corrected chi connectivity index (χ3v) is 11.8. The van der Waals surface area contributed by atoms with E-state index in [1.165, 1.54) is 167 Å². The van der Waals surface area contributed by atoms with Gasteiger partial charge in [0.1, 0.15) is 0 Å². The van der Waals surface area contributed by atoms with E-state index >= 15 is 0 Å². The lowest BCUT2D eigenvalue weighted by Crippen LogP contribution is -2.45. The molecule has 0 rings (SSSR count). The Labute approximate surface area is 361 Å². The molecule has 6 heteroatoms. The van der Waals surface area contributed by atoms with Crippen molar-refractivity contribution in [1.29, 1.82) is 0 Å². The van der Waals surface area contributed by atoms with Crippen LogP contribution in [-0.4, -0.2) is 47.4 Å². The van der Waals surface area contributed by atoms with Crippen LogP contribution in [0.5, 0.6) is 0 Å². The van der Waals surface area contributed by atoms with E-state index in [-0.39, 0.29) is 18.5 Å². The molecule has 0 aliphatic carbocycles. The predicted molar refractivity (Wildman–Crippen MR) is 250 cm³/mol. The number of esters is 1. The topological polar surface area (TPSA) is 95.9 Å². The molecule has 0 spiro atoms. The molecular formula is C52H99NO5. The molecule has 0 aromatic carbocycles.